The summed E-state index contributed by atoms with van der Waals surface area (Å²) in [4.78, 5) is 26.8. The summed E-state index contributed by atoms with van der Waals surface area (Å²) in [5.74, 6) is 0.449. The van der Waals surface area contributed by atoms with Gasteiger partial charge in [-0.05, 0) is 18.6 Å². The van der Waals surface area contributed by atoms with Crippen molar-refractivity contribution in [2.24, 2.45) is 0 Å². The number of methoxy groups -OCH3 is 1. The Morgan fingerprint density at radius 1 is 1.36 bits per heavy atom. The van der Waals surface area contributed by atoms with Crippen molar-refractivity contribution in [2.75, 3.05) is 26.0 Å². The summed E-state index contributed by atoms with van der Waals surface area (Å²) in [6, 6.07) is 8.72. The van der Waals surface area contributed by atoms with Crippen LogP contribution in [0, 0.1) is 0 Å². The molecule has 2 amide bonds. The SMILES string of the molecule is CC[C@@H]1SC[C@@H](C(=O)NCCOC)N1C(=O)c1ccccc1. The van der Waals surface area contributed by atoms with E-state index in [4.69, 9.17) is 4.74 Å². The van der Waals surface area contributed by atoms with Crippen LogP contribution in [0.25, 0.3) is 0 Å². The second-order valence-electron chi connectivity index (χ2n) is 5.07. The van der Waals surface area contributed by atoms with Crippen molar-refractivity contribution in [1.82, 2.24) is 10.2 Å². The molecule has 0 saturated carbocycles. The first-order chi connectivity index (χ1) is 10.7. The van der Waals surface area contributed by atoms with Crippen LogP contribution in [0.2, 0.25) is 0 Å². The molecule has 1 saturated heterocycles. The van der Waals surface area contributed by atoms with Gasteiger partial charge in [-0.3, -0.25) is 9.59 Å². The molecule has 1 aliphatic heterocycles. The molecule has 0 radical (unpaired) electrons. The van der Waals surface area contributed by atoms with E-state index in [0.29, 0.717) is 24.5 Å². The highest BCUT2D eigenvalue weighted by molar-refractivity contribution is 8.00. The van der Waals surface area contributed by atoms with Gasteiger partial charge in [-0.1, -0.05) is 25.1 Å². The lowest BCUT2D eigenvalue weighted by molar-refractivity contribution is -0.125. The van der Waals surface area contributed by atoms with E-state index in [1.807, 2.05) is 25.1 Å². The third kappa shape index (κ3) is 3.81. The topological polar surface area (TPSA) is 58.6 Å². The fourth-order valence-electron chi connectivity index (χ4n) is 2.48. The van der Waals surface area contributed by atoms with Crippen molar-refractivity contribution in [3.8, 4) is 0 Å². The summed E-state index contributed by atoms with van der Waals surface area (Å²) in [6.45, 7) is 2.96. The fraction of sp³-hybridized carbons (Fsp3) is 0.500. The van der Waals surface area contributed by atoms with Crippen molar-refractivity contribution in [3.63, 3.8) is 0 Å². The number of hydrogen-bond donors (Lipinski definition) is 1. The lowest BCUT2D eigenvalue weighted by Gasteiger charge is -2.28. The van der Waals surface area contributed by atoms with Gasteiger partial charge in [0.15, 0.2) is 0 Å². The predicted molar refractivity (Wildman–Crippen MR) is 87.8 cm³/mol. The van der Waals surface area contributed by atoms with Crippen LogP contribution in [0.4, 0.5) is 0 Å². The van der Waals surface area contributed by atoms with E-state index in [-0.39, 0.29) is 17.2 Å². The van der Waals surface area contributed by atoms with E-state index in [1.165, 1.54) is 0 Å². The minimum Gasteiger partial charge on any atom is -0.383 e. The van der Waals surface area contributed by atoms with Gasteiger partial charge in [0, 0.05) is 25.0 Å². The molecule has 0 spiro atoms. The van der Waals surface area contributed by atoms with Gasteiger partial charge in [-0.15, -0.1) is 11.8 Å². The molecule has 1 heterocycles. The Hall–Kier alpha value is -1.53. The van der Waals surface area contributed by atoms with Crippen LogP contribution in [-0.4, -0.2) is 54.1 Å². The van der Waals surface area contributed by atoms with Gasteiger partial charge >= 0.3 is 0 Å². The molecule has 2 rings (SSSR count). The third-order valence-electron chi connectivity index (χ3n) is 3.61. The molecular weight excluding hydrogens is 300 g/mol. The first-order valence-corrected chi connectivity index (χ1v) is 8.49. The molecule has 1 N–H and O–H groups in total. The normalized spacial score (nSPS) is 20.9. The Bertz CT molecular complexity index is 509. The average Bonchev–Trinajstić information content (AvgIpc) is 2.99. The highest BCUT2D eigenvalue weighted by Crippen LogP contribution is 2.32. The fourth-order valence-corrected chi connectivity index (χ4v) is 3.83. The molecule has 0 bridgehead atoms. The summed E-state index contributed by atoms with van der Waals surface area (Å²) in [5, 5.41) is 2.88. The number of nitrogens with zero attached hydrogens (tertiary/aromatic N) is 1. The Morgan fingerprint density at radius 2 is 2.09 bits per heavy atom. The second kappa shape index (κ2) is 8.19. The monoisotopic (exact) mass is 322 g/mol. The Morgan fingerprint density at radius 3 is 2.73 bits per heavy atom. The average molecular weight is 322 g/mol. The van der Waals surface area contributed by atoms with Gasteiger partial charge < -0.3 is 15.0 Å². The predicted octanol–water partition coefficient (Wildman–Crippen LogP) is 1.74. The zero-order chi connectivity index (χ0) is 15.9. The van der Waals surface area contributed by atoms with Crippen LogP contribution in [0.15, 0.2) is 30.3 Å². The summed E-state index contributed by atoms with van der Waals surface area (Å²) >= 11 is 1.66. The Labute approximate surface area is 135 Å². The maximum absolute atomic E-state index is 12.8. The molecule has 2 atom stereocenters. The number of hydrogen-bond acceptors (Lipinski definition) is 4. The van der Waals surface area contributed by atoms with E-state index >= 15 is 0 Å². The molecule has 0 aliphatic carbocycles. The highest BCUT2D eigenvalue weighted by atomic mass is 32.2. The Kier molecular flexibility index (Phi) is 6.27. The quantitative estimate of drug-likeness (QED) is 0.811. The summed E-state index contributed by atoms with van der Waals surface area (Å²) < 4.78 is 4.94. The lowest BCUT2D eigenvalue weighted by atomic mass is 10.1. The van der Waals surface area contributed by atoms with Crippen LogP contribution < -0.4 is 5.32 Å². The molecular formula is C16H22N2O3S. The van der Waals surface area contributed by atoms with Crippen LogP contribution in [-0.2, 0) is 9.53 Å². The summed E-state index contributed by atoms with van der Waals surface area (Å²) in [6.07, 6.45) is 0.824. The van der Waals surface area contributed by atoms with Gasteiger partial charge in [0.1, 0.15) is 6.04 Å². The van der Waals surface area contributed by atoms with Crippen molar-refractivity contribution in [3.05, 3.63) is 35.9 Å². The zero-order valence-electron chi connectivity index (χ0n) is 13.0. The van der Waals surface area contributed by atoms with E-state index < -0.39 is 6.04 Å². The molecule has 22 heavy (non-hydrogen) atoms. The molecule has 6 heteroatoms. The molecule has 0 unspecified atom stereocenters. The van der Waals surface area contributed by atoms with E-state index in [9.17, 15) is 9.59 Å². The van der Waals surface area contributed by atoms with Gasteiger partial charge in [0.05, 0.1) is 12.0 Å². The van der Waals surface area contributed by atoms with E-state index in [1.54, 1.807) is 35.9 Å². The van der Waals surface area contributed by atoms with Crippen molar-refractivity contribution >= 4 is 23.6 Å². The second-order valence-corrected chi connectivity index (χ2v) is 6.29. The summed E-state index contributed by atoms with van der Waals surface area (Å²) in [5.41, 5.74) is 0.623. The molecule has 1 aromatic carbocycles. The maximum atomic E-state index is 12.8. The number of ether oxygens (including phenoxy) is 1. The smallest absolute Gasteiger partial charge is 0.255 e. The van der Waals surface area contributed by atoms with E-state index in [2.05, 4.69) is 5.32 Å². The molecule has 120 valence electrons. The first kappa shape index (κ1) is 16.8. The zero-order valence-corrected chi connectivity index (χ0v) is 13.8. The van der Waals surface area contributed by atoms with Crippen molar-refractivity contribution in [1.29, 1.82) is 0 Å². The van der Waals surface area contributed by atoms with Crippen molar-refractivity contribution in [2.45, 2.75) is 24.8 Å². The van der Waals surface area contributed by atoms with Crippen molar-refractivity contribution < 1.29 is 14.3 Å². The van der Waals surface area contributed by atoms with Crippen LogP contribution >= 0.6 is 11.8 Å². The largest absolute Gasteiger partial charge is 0.383 e. The van der Waals surface area contributed by atoms with Gasteiger partial charge in [-0.25, -0.2) is 0 Å². The van der Waals surface area contributed by atoms with Crippen LogP contribution in [0.1, 0.15) is 23.7 Å². The molecule has 1 fully saturated rings. The van der Waals surface area contributed by atoms with Crippen LogP contribution in [0.3, 0.4) is 0 Å². The van der Waals surface area contributed by atoms with E-state index in [0.717, 1.165) is 6.42 Å². The number of thioether (sulfide) groups is 1. The summed E-state index contributed by atoms with van der Waals surface area (Å²) in [7, 11) is 1.59. The first-order valence-electron chi connectivity index (χ1n) is 7.45. The van der Waals surface area contributed by atoms with Gasteiger partial charge in [0.2, 0.25) is 5.91 Å². The number of nitrogens with one attached hydrogen (secondary N) is 1. The minimum atomic E-state index is -0.417. The van der Waals surface area contributed by atoms with Gasteiger partial charge in [0.25, 0.3) is 5.91 Å². The molecule has 0 aromatic heterocycles. The van der Waals surface area contributed by atoms with Gasteiger partial charge in [-0.2, -0.15) is 0 Å². The third-order valence-corrected chi connectivity index (χ3v) is 5.06. The molecule has 5 nitrogen and oxygen atoms in total. The number of rotatable bonds is 6. The number of carbonyl (C=O) groups excluding carboxylic acids is 2. The Balaban J connectivity index is 2.12. The maximum Gasteiger partial charge on any atom is 0.255 e. The lowest BCUT2D eigenvalue weighted by Crippen LogP contribution is -2.50. The highest BCUT2D eigenvalue weighted by Gasteiger charge is 2.40. The number of carbonyl (C=O) groups is 2. The molecule has 1 aromatic rings. The minimum absolute atomic E-state index is 0.0471. The number of benzene rings is 1. The van der Waals surface area contributed by atoms with Crippen LogP contribution in [0.5, 0.6) is 0 Å². The number of amides is 2. The molecule has 1 aliphatic rings. The standard InChI is InChI=1S/C16H22N2O3S/c1-3-14-18(16(20)12-7-5-4-6-8-12)13(11-22-14)15(19)17-9-10-21-2/h4-8,13-14H,3,9-11H2,1-2H3,(H,17,19)/t13-,14-/m0/s1.